The van der Waals surface area contributed by atoms with E-state index < -0.39 is 5.63 Å². The van der Waals surface area contributed by atoms with E-state index in [0.29, 0.717) is 36.3 Å². The van der Waals surface area contributed by atoms with Gasteiger partial charge in [0.2, 0.25) is 0 Å². The zero-order valence-electron chi connectivity index (χ0n) is 18.0. The van der Waals surface area contributed by atoms with E-state index >= 15 is 0 Å². The number of rotatable bonds is 9. The fraction of sp³-hybridized carbons (Fsp3) is 0.400. The molecule has 0 radical (unpaired) electrons. The van der Waals surface area contributed by atoms with Crippen molar-refractivity contribution in [1.82, 2.24) is 10.2 Å². The number of nitrogens with one attached hydrogen (secondary N) is 1. The Bertz CT molecular complexity index is 1030. The molecule has 0 unspecified atom stereocenters. The van der Waals surface area contributed by atoms with E-state index in [9.17, 15) is 4.79 Å². The topological polar surface area (TPSA) is 63.9 Å². The number of benzene rings is 2. The third kappa shape index (κ3) is 5.87. The minimum Gasteiger partial charge on any atom is -0.493 e. The number of nitrogens with zero attached hydrogens (tertiary/aromatic N) is 1. The molecule has 0 bridgehead atoms. The molecular weight excluding hydrogens is 392 g/mol. The van der Waals surface area contributed by atoms with Crippen LogP contribution in [0.25, 0.3) is 11.0 Å². The second kappa shape index (κ2) is 10.5. The van der Waals surface area contributed by atoms with Gasteiger partial charge in [-0.05, 0) is 50.6 Å². The molecule has 6 heteroatoms. The van der Waals surface area contributed by atoms with E-state index in [1.807, 2.05) is 19.1 Å². The van der Waals surface area contributed by atoms with Gasteiger partial charge in [-0.25, -0.2) is 4.79 Å². The summed E-state index contributed by atoms with van der Waals surface area (Å²) >= 11 is 0. The van der Waals surface area contributed by atoms with Crippen LogP contribution in [-0.2, 0) is 6.54 Å². The van der Waals surface area contributed by atoms with E-state index in [4.69, 9.17) is 13.9 Å². The Morgan fingerprint density at radius 3 is 2.65 bits per heavy atom. The molecule has 1 aliphatic heterocycles. The lowest BCUT2D eigenvalue weighted by atomic mass is 10.0. The van der Waals surface area contributed by atoms with Gasteiger partial charge < -0.3 is 19.2 Å². The van der Waals surface area contributed by atoms with Gasteiger partial charge in [0, 0.05) is 25.2 Å². The van der Waals surface area contributed by atoms with Gasteiger partial charge in [-0.15, -0.1) is 0 Å². The number of piperidine rings is 1. The van der Waals surface area contributed by atoms with Gasteiger partial charge in [-0.2, -0.15) is 0 Å². The maximum atomic E-state index is 11.8. The highest BCUT2D eigenvalue weighted by molar-refractivity contribution is 5.84. The quantitative estimate of drug-likeness (QED) is 0.418. The van der Waals surface area contributed by atoms with Crippen LogP contribution >= 0.6 is 0 Å². The third-order valence-electron chi connectivity index (χ3n) is 5.62. The number of likely N-dealkylation sites (tertiary alicyclic amines) is 1. The predicted octanol–water partition coefficient (Wildman–Crippen LogP) is 3.82. The Morgan fingerprint density at radius 2 is 1.87 bits per heavy atom. The Hall–Kier alpha value is -2.83. The largest absolute Gasteiger partial charge is 0.493 e. The summed E-state index contributed by atoms with van der Waals surface area (Å²) in [5, 5.41) is 4.38. The van der Waals surface area contributed by atoms with Crippen molar-refractivity contribution in [3.8, 4) is 11.5 Å². The van der Waals surface area contributed by atoms with Crippen LogP contribution in [0.1, 0.15) is 25.3 Å². The lowest BCUT2D eigenvalue weighted by Gasteiger charge is -2.32. The first-order valence-corrected chi connectivity index (χ1v) is 11.0. The molecule has 0 saturated carbocycles. The molecule has 1 aliphatic rings. The normalized spacial score (nSPS) is 15.3. The zero-order chi connectivity index (χ0) is 21.5. The summed E-state index contributed by atoms with van der Waals surface area (Å²) in [5.41, 5.74) is 1.43. The second-order valence-electron chi connectivity index (χ2n) is 7.86. The van der Waals surface area contributed by atoms with Crippen molar-refractivity contribution in [3.63, 3.8) is 0 Å². The van der Waals surface area contributed by atoms with Crippen LogP contribution in [0.2, 0.25) is 0 Å². The van der Waals surface area contributed by atoms with Crippen molar-refractivity contribution in [2.45, 2.75) is 32.4 Å². The number of hydrogen-bond donors (Lipinski definition) is 1. The monoisotopic (exact) mass is 422 g/mol. The Balaban J connectivity index is 1.21. The molecule has 3 aromatic rings. The average molecular weight is 423 g/mol. The van der Waals surface area contributed by atoms with E-state index in [-0.39, 0.29) is 0 Å². The lowest BCUT2D eigenvalue weighted by Crippen LogP contribution is -2.43. The van der Waals surface area contributed by atoms with Crippen LogP contribution in [0.3, 0.4) is 0 Å². The van der Waals surface area contributed by atoms with Crippen LogP contribution in [-0.4, -0.2) is 43.8 Å². The molecule has 0 aliphatic carbocycles. The van der Waals surface area contributed by atoms with Crippen molar-refractivity contribution in [2.24, 2.45) is 0 Å². The first-order valence-electron chi connectivity index (χ1n) is 11.0. The SMILES string of the molecule is CCOc1cc(=O)oc2cc(OCCNC3CCN(Cc4ccccc4)CC3)ccc12. The molecule has 2 aromatic carbocycles. The second-order valence-corrected chi connectivity index (χ2v) is 7.86. The van der Waals surface area contributed by atoms with E-state index in [0.717, 1.165) is 44.4 Å². The van der Waals surface area contributed by atoms with E-state index in [1.54, 1.807) is 6.07 Å². The van der Waals surface area contributed by atoms with E-state index in [2.05, 4.69) is 40.5 Å². The minimum absolute atomic E-state index is 0.423. The molecule has 1 aromatic heterocycles. The fourth-order valence-corrected chi connectivity index (χ4v) is 4.05. The fourth-order valence-electron chi connectivity index (χ4n) is 4.05. The summed E-state index contributed by atoms with van der Waals surface area (Å²) in [6.07, 6.45) is 2.29. The van der Waals surface area contributed by atoms with Crippen LogP contribution in [0.15, 0.2) is 63.8 Å². The van der Waals surface area contributed by atoms with Gasteiger partial charge in [0.05, 0.1) is 18.1 Å². The predicted molar refractivity (Wildman–Crippen MR) is 122 cm³/mol. The summed E-state index contributed by atoms with van der Waals surface area (Å²) in [7, 11) is 0. The minimum atomic E-state index is -0.423. The highest BCUT2D eigenvalue weighted by Crippen LogP contribution is 2.27. The first kappa shape index (κ1) is 21.4. The highest BCUT2D eigenvalue weighted by atomic mass is 16.5. The molecule has 0 spiro atoms. The van der Waals surface area contributed by atoms with Crippen molar-refractivity contribution in [1.29, 1.82) is 0 Å². The number of hydrogen-bond acceptors (Lipinski definition) is 6. The molecule has 1 saturated heterocycles. The highest BCUT2D eigenvalue weighted by Gasteiger charge is 2.18. The molecule has 0 amide bonds. The summed E-state index contributed by atoms with van der Waals surface area (Å²) in [6, 6.07) is 18.1. The first-order chi connectivity index (χ1) is 15.2. The Labute approximate surface area is 182 Å². The van der Waals surface area contributed by atoms with Gasteiger partial charge in [0.15, 0.2) is 0 Å². The average Bonchev–Trinajstić information content (AvgIpc) is 2.78. The van der Waals surface area contributed by atoms with E-state index in [1.165, 1.54) is 11.6 Å². The smallest absolute Gasteiger partial charge is 0.339 e. The van der Waals surface area contributed by atoms with Gasteiger partial charge in [0.1, 0.15) is 23.7 Å². The molecule has 2 heterocycles. The molecule has 1 N–H and O–H groups in total. The number of fused-ring (bicyclic) bond motifs is 1. The Morgan fingerprint density at radius 1 is 1.06 bits per heavy atom. The van der Waals surface area contributed by atoms with Crippen molar-refractivity contribution >= 4 is 11.0 Å². The summed E-state index contributed by atoms with van der Waals surface area (Å²) < 4.78 is 16.7. The molecule has 0 atom stereocenters. The lowest BCUT2D eigenvalue weighted by molar-refractivity contribution is 0.186. The van der Waals surface area contributed by atoms with Crippen LogP contribution in [0, 0.1) is 0 Å². The molecular formula is C25H30N2O4. The summed E-state index contributed by atoms with van der Waals surface area (Å²) in [5.74, 6) is 1.23. The molecule has 4 rings (SSSR count). The molecule has 164 valence electrons. The van der Waals surface area contributed by atoms with Crippen LogP contribution in [0.5, 0.6) is 11.5 Å². The number of ether oxygens (including phenoxy) is 2. The molecule has 31 heavy (non-hydrogen) atoms. The van der Waals surface area contributed by atoms with Crippen LogP contribution < -0.4 is 20.4 Å². The Kier molecular flexibility index (Phi) is 7.22. The summed E-state index contributed by atoms with van der Waals surface area (Å²) in [4.78, 5) is 14.3. The van der Waals surface area contributed by atoms with Crippen molar-refractivity contribution in [2.75, 3.05) is 32.8 Å². The molecule has 6 nitrogen and oxygen atoms in total. The van der Waals surface area contributed by atoms with Gasteiger partial charge >= 0.3 is 5.63 Å². The van der Waals surface area contributed by atoms with Crippen LogP contribution in [0.4, 0.5) is 0 Å². The summed E-state index contributed by atoms with van der Waals surface area (Å²) in [6.45, 7) is 6.97. The van der Waals surface area contributed by atoms with Gasteiger partial charge in [-0.3, -0.25) is 4.90 Å². The van der Waals surface area contributed by atoms with Crippen molar-refractivity contribution in [3.05, 3.63) is 70.6 Å². The maximum Gasteiger partial charge on any atom is 0.339 e. The van der Waals surface area contributed by atoms with Crippen molar-refractivity contribution < 1.29 is 13.9 Å². The van der Waals surface area contributed by atoms with Gasteiger partial charge in [0.25, 0.3) is 0 Å². The standard InChI is InChI=1S/C25H30N2O4/c1-2-29-23-17-25(28)31-24-16-21(8-9-22(23)24)30-15-12-26-20-10-13-27(14-11-20)18-19-6-4-3-5-7-19/h3-9,16-17,20,26H,2,10-15,18H2,1H3. The third-order valence-corrected chi connectivity index (χ3v) is 5.62. The molecule has 1 fully saturated rings. The van der Waals surface area contributed by atoms with Gasteiger partial charge in [-0.1, -0.05) is 30.3 Å². The maximum absolute atomic E-state index is 11.8. The zero-order valence-corrected chi connectivity index (χ0v) is 18.0.